The quantitative estimate of drug-likeness (QED) is 0.530. The van der Waals surface area contributed by atoms with E-state index in [4.69, 9.17) is 30.8 Å². The van der Waals surface area contributed by atoms with Crippen molar-refractivity contribution in [1.29, 1.82) is 0 Å². The molecule has 4 aliphatic heterocycles. The molecular weight excluding hydrogens is 380 g/mol. The molecule has 1 aromatic carbocycles. The lowest BCUT2D eigenvalue weighted by Crippen LogP contribution is -2.68. The van der Waals surface area contributed by atoms with Crippen molar-refractivity contribution in [2.45, 2.75) is 76.0 Å². The van der Waals surface area contributed by atoms with E-state index in [9.17, 15) is 4.79 Å². The minimum absolute atomic E-state index is 0.116. The molecule has 6 rings (SSSR count). The topological polar surface area (TPSA) is 54.0 Å². The standard InChI is InChI=1S/C22H27ClO5/c1-14-4-7-16-13-19(24)25-20-22(16)18(14)10-12-21(26-20,27-28-22)11-2-3-15-5-8-17(23)9-6-15/h5-6,8-9,14,16,18,20H,2-4,7,10-13H2,1H3/t14-,16+,18+,20-,21-,22+/m1/s1. The first kappa shape index (κ1) is 18.9. The fraction of sp³-hybridized carbons (Fsp3) is 0.682. The SMILES string of the molecule is C[C@@H]1CC[C@H]2CC(=O)O[C@@H]3O[C@@]4(CCCc5ccc(Cl)cc5)CC[C@@H]1[C@@]23OO4. The van der Waals surface area contributed by atoms with E-state index in [1.807, 2.05) is 24.3 Å². The Bertz CT molecular complexity index is 748. The van der Waals surface area contributed by atoms with Gasteiger partial charge < -0.3 is 9.47 Å². The van der Waals surface area contributed by atoms with Gasteiger partial charge in [-0.3, -0.25) is 4.79 Å². The van der Waals surface area contributed by atoms with Crippen LogP contribution in [0.2, 0.25) is 5.02 Å². The zero-order chi connectivity index (χ0) is 19.4. The summed E-state index contributed by atoms with van der Waals surface area (Å²) in [7, 11) is 0. The highest BCUT2D eigenvalue weighted by Crippen LogP contribution is 2.59. The van der Waals surface area contributed by atoms with Crippen LogP contribution in [0.15, 0.2) is 24.3 Å². The monoisotopic (exact) mass is 406 g/mol. The molecule has 1 spiro atoms. The zero-order valence-corrected chi connectivity index (χ0v) is 17.0. The number of hydrogen-bond acceptors (Lipinski definition) is 5. The van der Waals surface area contributed by atoms with Crippen LogP contribution in [0, 0.1) is 17.8 Å². The van der Waals surface area contributed by atoms with Crippen molar-refractivity contribution in [3.05, 3.63) is 34.9 Å². The van der Waals surface area contributed by atoms with Gasteiger partial charge >= 0.3 is 5.97 Å². The van der Waals surface area contributed by atoms with E-state index in [0.29, 0.717) is 24.7 Å². The highest BCUT2D eigenvalue weighted by Gasteiger charge is 2.69. The Balaban J connectivity index is 1.35. The molecule has 1 saturated carbocycles. The smallest absolute Gasteiger partial charge is 0.308 e. The second kappa shape index (κ2) is 6.98. The number of halogens is 1. The van der Waals surface area contributed by atoms with Crippen molar-refractivity contribution in [1.82, 2.24) is 0 Å². The summed E-state index contributed by atoms with van der Waals surface area (Å²) in [6, 6.07) is 7.92. The Morgan fingerprint density at radius 2 is 1.96 bits per heavy atom. The summed E-state index contributed by atoms with van der Waals surface area (Å²) >= 11 is 5.97. The lowest BCUT2D eigenvalue weighted by Gasteiger charge is -2.56. The fourth-order valence-electron chi connectivity index (χ4n) is 5.80. The van der Waals surface area contributed by atoms with E-state index in [1.165, 1.54) is 5.56 Å². The summed E-state index contributed by atoms with van der Waals surface area (Å²) < 4.78 is 12.1. The van der Waals surface area contributed by atoms with Crippen LogP contribution < -0.4 is 0 Å². The maximum absolute atomic E-state index is 12.2. The van der Waals surface area contributed by atoms with Crippen molar-refractivity contribution in [3.63, 3.8) is 0 Å². The van der Waals surface area contributed by atoms with Crippen molar-refractivity contribution < 1.29 is 24.0 Å². The van der Waals surface area contributed by atoms with Gasteiger partial charge in [0.05, 0.1) is 6.42 Å². The Kier molecular flexibility index (Phi) is 4.70. The van der Waals surface area contributed by atoms with Crippen LogP contribution in [0.4, 0.5) is 0 Å². The minimum atomic E-state index is -0.832. The predicted molar refractivity (Wildman–Crippen MR) is 102 cm³/mol. The number of carbonyl (C=O) groups is 1. The number of ether oxygens (including phenoxy) is 2. The molecule has 0 N–H and O–H groups in total. The van der Waals surface area contributed by atoms with E-state index in [2.05, 4.69) is 6.92 Å². The summed E-state index contributed by atoms with van der Waals surface area (Å²) in [6.45, 7) is 2.28. The Morgan fingerprint density at radius 3 is 2.79 bits per heavy atom. The molecule has 5 aliphatic rings. The van der Waals surface area contributed by atoms with Gasteiger partial charge in [0.25, 0.3) is 0 Å². The van der Waals surface area contributed by atoms with Crippen LogP contribution >= 0.6 is 11.6 Å². The lowest BCUT2D eigenvalue weighted by molar-refractivity contribution is -0.561. The van der Waals surface area contributed by atoms with Crippen molar-refractivity contribution in [3.8, 4) is 0 Å². The molecule has 0 aromatic heterocycles. The molecule has 4 heterocycles. The fourth-order valence-corrected chi connectivity index (χ4v) is 5.93. The molecule has 5 fully saturated rings. The lowest BCUT2D eigenvalue weighted by atomic mass is 9.60. The molecule has 0 radical (unpaired) electrons. The predicted octanol–water partition coefficient (Wildman–Crippen LogP) is 4.81. The van der Waals surface area contributed by atoms with Crippen molar-refractivity contribution in [2.75, 3.05) is 0 Å². The molecule has 6 atom stereocenters. The molecular formula is C22H27ClO5. The zero-order valence-electron chi connectivity index (χ0n) is 16.2. The van der Waals surface area contributed by atoms with E-state index in [1.54, 1.807) is 0 Å². The summed E-state index contributed by atoms with van der Waals surface area (Å²) in [5.41, 5.74) is 0.593. The Morgan fingerprint density at radius 1 is 1.14 bits per heavy atom. The summed E-state index contributed by atoms with van der Waals surface area (Å²) in [5.74, 6) is -0.0936. The average Bonchev–Trinajstić information content (AvgIpc) is 2.93. The number of carbonyl (C=O) groups excluding carboxylic acids is 1. The number of rotatable bonds is 4. The van der Waals surface area contributed by atoms with E-state index >= 15 is 0 Å². The van der Waals surface area contributed by atoms with Gasteiger partial charge in [0.2, 0.25) is 12.1 Å². The molecule has 5 nitrogen and oxygen atoms in total. The summed E-state index contributed by atoms with van der Waals surface area (Å²) in [6.07, 6.45) is 6.06. The molecule has 152 valence electrons. The molecule has 6 heteroatoms. The Hall–Kier alpha value is -1.14. The van der Waals surface area contributed by atoms with Crippen LogP contribution in [-0.2, 0) is 30.5 Å². The van der Waals surface area contributed by atoms with Gasteiger partial charge in [-0.1, -0.05) is 30.7 Å². The largest absolute Gasteiger partial charge is 0.432 e. The third kappa shape index (κ3) is 2.98. The van der Waals surface area contributed by atoms with Crippen LogP contribution in [-0.4, -0.2) is 23.6 Å². The number of hydrogen-bond donors (Lipinski definition) is 0. The van der Waals surface area contributed by atoms with Crippen molar-refractivity contribution in [2.24, 2.45) is 17.8 Å². The number of benzene rings is 1. The highest BCUT2D eigenvalue weighted by atomic mass is 35.5. The summed E-state index contributed by atoms with van der Waals surface area (Å²) in [5, 5.41) is 0.745. The van der Waals surface area contributed by atoms with Crippen LogP contribution in [0.1, 0.15) is 57.4 Å². The van der Waals surface area contributed by atoms with Crippen LogP contribution in [0.25, 0.3) is 0 Å². The molecule has 2 bridgehead atoms. The van der Waals surface area contributed by atoms with Gasteiger partial charge in [-0.15, -0.1) is 0 Å². The van der Waals surface area contributed by atoms with Gasteiger partial charge in [0, 0.05) is 29.7 Å². The maximum Gasteiger partial charge on any atom is 0.308 e. The van der Waals surface area contributed by atoms with E-state index < -0.39 is 17.7 Å². The first-order valence-electron chi connectivity index (χ1n) is 10.5. The third-order valence-corrected chi connectivity index (χ3v) is 7.58. The van der Waals surface area contributed by atoms with E-state index in [-0.39, 0.29) is 11.9 Å². The van der Waals surface area contributed by atoms with E-state index in [0.717, 1.165) is 43.5 Å². The molecule has 1 aliphatic carbocycles. The molecule has 28 heavy (non-hydrogen) atoms. The second-order valence-electron chi connectivity index (χ2n) is 8.95. The first-order valence-corrected chi connectivity index (χ1v) is 10.9. The van der Waals surface area contributed by atoms with Crippen LogP contribution in [0.5, 0.6) is 0 Å². The van der Waals surface area contributed by atoms with Gasteiger partial charge in [-0.2, -0.15) is 0 Å². The van der Waals surface area contributed by atoms with Gasteiger partial charge in [-0.05, 0) is 55.7 Å². The molecule has 4 saturated heterocycles. The second-order valence-corrected chi connectivity index (χ2v) is 9.39. The van der Waals surface area contributed by atoms with Gasteiger partial charge in [0.1, 0.15) is 0 Å². The highest BCUT2D eigenvalue weighted by molar-refractivity contribution is 6.30. The Labute approximate surface area is 170 Å². The molecule has 0 amide bonds. The van der Waals surface area contributed by atoms with Gasteiger partial charge in [0.15, 0.2) is 5.60 Å². The maximum atomic E-state index is 12.2. The average molecular weight is 407 g/mol. The summed E-state index contributed by atoms with van der Waals surface area (Å²) in [4.78, 5) is 24.4. The number of fused-ring (bicyclic) bond motifs is 2. The third-order valence-electron chi connectivity index (χ3n) is 7.33. The number of aryl methyl sites for hydroxylation is 1. The first-order chi connectivity index (χ1) is 13.5. The molecule has 0 unspecified atom stereocenters. The number of esters is 1. The van der Waals surface area contributed by atoms with Crippen LogP contribution in [0.3, 0.4) is 0 Å². The molecule has 1 aromatic rings. The van der Waals surface area contributed by atoms with Gasteiger partial charge in [-0.25, -0.2) is 9.78 Å². The van der Waals surface area contributed by atoms with Crippen molar-refractivity contribution >= 4 is 17.6 Å². The minimum Gasteiger partial charge on any atom is -0.432 e. The normalized spacial score (nSPS) is 41.9.